The largest absolute Gasteiger partial charge is 0.393 e. The lowest BCUT2D eigenvalue weighted by Crippen LogP contribution is -2.73. The Kier molecular flexibility index (Phi) is 4.39. The van der Waals surface area contributed by atoms with Gasteiger partial charge in [0.25, 0.3) is 0 Å². The van der Waals surface area contributed by atoms with Crippen molar-refractivity contribution in [1.29, 1.82) is 0 Å². The van der Waals surface area contributed by atoms with Gasteiger partial charge in [-0.25, -0.2) is 0 Å². The molecule has 188 valence electrons. The van der Waals surface area contributed by atoms with Crippen LogP contribution in [0.15, 0.2) is 0 Å². The topological polar surface area (TPSA) is 53.0 Å². The van der Waals surface area contributed by atoms with Crippen molar-refractivity contribution in [2.24, 2.45) is 50.7 Å². The van der Waals surface area contributed by atoms with Crippen LogP contribution in [0, 0.1) is 50.7 Å². The molecule has 5 aliphatic carbocycles. The van der Waals surface area contributed by atoms with Crippen LogP contribution >= 0.6 is 0 Å². The van der Waals surface area contributed by atoms with Crippen LogP contribution in [0.1, 0.15) is 113 Å². The van der Waals surface area contributed by atoms with Crippen molar-refractivity contribution < 1.29 is 14.9 Å². The molecule has 0 bridgehead atoms. The van der Waals surface area contributed by atoms with E-state index in [9.17, 15) is 10.2 Å². The van der Waals surface area contributed by atoms with Gasteiger partial charge in [0.05, 0.1) is 12.2 Å². The zero-order chi connectivity index (χ0) is 24.0. The average molecular weight is 459 g/mol. The van der Waals surface area contributed by atoms with Crippen molar-refractivity contribution >= 4 is 0 Å². The molecule has 0 radical (unpaired) electrons. The Morgan fingerprint density at radius 2 is 1.39 bits per heavy atom. The third-order valence-electron chi connectivity index (χ3n) is 14.3. The predicted octanol–water partition coefficient (Wildman–Crippen LogP) is 6.35. The minimum atomic E-state index is -0.709. The van der Waals surface area contributed by atoms with Crippen LogP contribution in [0.25, 0.3) is 0 Å². The Morgan fingerprint density at radius 3 is 2.06 bits per heavy atom. The van der Waals surface area contributed by atoms with E-state index in [0.29, 0.717) is 23.7 Å². The van der Waals surface area contributed by atoms with Crippen LogP contribution < -0.4 is 0 Å². The third-order valence-corrected chi connectivity index (χ3v) is 14.3. The maximum atomic E-state index is 12.9. The maximum Gasteiger partial charge on any atom is 0.126 e. The first kappa shape index (κ1) is 23.3. The van der Waals surface area contributed by atoms with Gasteiger partial charge in [0.1, 0.15) is 11.2 Å². The summed E-state index contributed by atoms with van der Waals surface area (Å²) in [5.74, 6) is 1.95. The molecule has 1 saturated heterocycles. The number of fused-ring (bicyclic) bond motifs is 9. The Hall–Kier alpha value is -0.120. The van der Waals surface area contributed by atoms with Crippen molar-refractivity contribution in [3.8, 4) is 0 Å². The minimum Gasteiger partial charge on any atom is -0.393 e. The smallest absolute Gasteiger partial charge is 0.126 e. The molecule has 1 heterocycles. The summed E-state index contributed by atoms with van der Waals surface area (Å²) in [7, 11) is 0. The summed E-state index contributed by atoms with van der Waals surface area (Å²) in [6.45, 7) is 19.4. The standard InChI is InChI=1S/C30H50O3/c1-18(2)29-23(33-29)17-25(5)15-16-28(8)21(30(25,29)32)10-9-20-26(6)13-12-22(31)24(3,4)19(26)11-14-27(20,28)7/h18-23,31-32H,9-17H2,1-8H3/t19-,20+,21-,22-,23+,25-,26-,27+,28+,29+,30-/m0/s1. The fourth-order valence-corrected chi connectivity index (χ4v) is 12.3. The van der Waals surface area contributed by atoms with Crippen molar-refractivity contribution in [2.45, 2.75) is 137 Å². The Balaban J connectivity index is 1.44. The van der Waals surface area contributed by atoms with Crippen LogP contribution in [0.4, 0.5) is 0 Å². The van der Waals surface area contributed by atoms with Gasteiger partial charge in [0, 0.05) is 5.41 Å². The van der Waals surface area contributed by atoms with E-state index in [4.69, 9.17) is 4.74 Å². The lowest BCUT2D eigenvalue weighted by atomic mass is 9.31. The molecule has 33 heavy (non-hydrogen) atoms. The number of aliphatic hydroxyl groups is 2. The zero-order valence-electron chi connectivity index (χ0n) is 22.6. The van der Waals surface area contributed by atoms with E-state index < -0.39 is 5.60 Å². The lowest BCUT2D eigenvalue weighted by molar-refractivity contribution is -0.298. The van der Waals surface area contributed by atoms with E-state index in [0.717, 1.165) is 32.1 Å². The van der Waals surface area contributed by atoms with Crippen molar-refractivity contribution in [3.63, 3.8) is 0 Å². The van der Waals surface area contributed by atoms with Gasteiger partial charge in [-0.1, -0.05) is 55.4 Å². The van der Waals surface area contributed by atoms with E-state index in [-0.39, 0.29) is 44.9 Å². The third kappa shape index (κ3) is 2.23. The van der Waals surface area contributed by atoms with Gasteiger partial charge in [0.15, 0.2) is 0 Å². The summed E-state index contributed by atoms with van der Waals surface area (Å²) in [4.78, 5) is 0. The molecule has 5 saturated carbocycles. The van der Waals surface area contributed by atoms with Gasteiger partial charge < -0.3 is 14.9 Å². The molecule has 2 N–H and O–H groups in total. The number of hydrogen-bond acceptors (Lipinski definition) is 3. The number of rotatable bonds is 1. The molecule has 11 atom stereocenters. The van der Waals surface area contributed by atoms with Gasteiger partial charge in [-0.05, 0) is 103 Å². The highest BCUT2D eigenvalue weighted by molar-refractivity contribution is 5.35. The zero-order valence-corrected chi connectivity index (χ0v) is 22.6. The Morgan fingerprint density at radius 1 is 0.758 bits per heavy atom. The van der Waals surface area contributed by atoms with E-state index in [2.05, 4.69) is 55.4 Å². The van der Waals surface area contributed by atoms with Crippen LogP contribution in [0.2, 0.25) is 0 Å². The summed E-state index contributed by atoms with van der Waals surface area (Å²) >= 11 is 0. The van der Waals surface area contributed by atoms with Crippen molar-refractivity contribution in [1.82, 2.24) is 0 Å². The molecule has 3 nitrogen and oxygen atoms in total. The SMILES string of the molecule is CC(C)[C@@]12O[C@@H]1C[C@]1(C)CC[C@]3(C)[C@H](CC[C@@H]4[C@@]5(C)CC[C@H](O)C(C)(C)[C@@H]5CC[C@]43C)[C@]12O. The van der Waals surface area contributed by atoms with Crippen LogP contribution in [0.5, 0.6) is 0 Å². The number of hydrogen-bond donors (Lipinski definition) is 2. The monoisotopic (exact) mass is 458 g/mol. The summed E-state index contributed by atoms with van der Waals surface area (Å²) in [5, 5.41) is 23.8. The molecule has 0 aromatic carbocycles. The molecule has 0 aromatic heterocycles. The highest BCUT2D eigenvalue weighted by Gasteiger charge is 2.86. The van der Waals surface area contributed by atoms with E-state index in [1.54, 1.807) is 0 Å². The fourth-order valence-electron chi connectivity index (χ4n) is 12.3. The van der Waals surface area contributed by atoms with Gasteiger partial charge in [-0.2, -0.15) is 0 Å². The van der Waals surface area contributed by atoms with E-state index in [1.807, 2.05) is 0 Å². The molecule has 0 spiro atoms. The van der Waals surface area contributed by atoms with Gasteiger partial charge in [0.2, 0.25) is 0 Å². The van der Waals surface area contributed by atoms with Crippen LogP contribution in [-0.4, -0.2) is 33.6 Å². The second-order valence-corrected chi connectivity index (χ2v) is 15.6. The van der Waals surface area contributed by atoms with Gasteiger partial charge in [-0.3, -0.25) is 0 Å². The van der Waals surface area contributed by atoms with Gasteiger partial charge >= 0.3 is 0 Å². The first-order valence-corrected chi connectivity index (χ1v) is 14.2. The minimum absolute atomic E-state index is 0.00233. The fraction of sp³-hybridized carbons (Fsp3) is 1.00. The molecule has 0 amide bonds. The van der Waals surface area contributed by atoms with Crippen molar-refractivity contribution in [3.05, 3.63) is 0 Å². The summed E-state index contributed by atoms with van der Waals surface area (Å²) in [6.07, 6.45) is 10.5. The molecular formula is C30H50O3. The van der Waals surface area contributed by atoms with E-state index >= 15 is 0 Å². The van der Waals surface area contributed by atoms with E-state index in [1.165, 1.54) is 25.7 Å². The maximum absolute atomic E-state index is 12.9. The highest BCUT2D eigenvalue weighted by Crippen LogP contribution is 2.81. The molecule has 3 heteroatoms. The average Bonchev–Trinajstić information content (AvgIpc) is 3.40. The lowest BCUT2D eigenvalue weighted by Gasteiger charge is -2.74. The van der Waals surface area contributed by atoms with Gasteiger partial charge in [-0.15, -0.1) is 0 Å². The van der Waals surface area contributed by atoms with Crippen LogP contribution in [0.3, 0.4) is 0 Å². The molecule has 1 aliphatic heterocycles. The molecule has 6 aliphatic rings. The second-order valence-electron chi connectivity index (χ2n) is 15.6. The van der Waals surface area contributed by atoms with Crippen LogP contribution in [-0.2, 0) is 4.74 Å². The number of epoxide rings is 1. The molecule has 0 aromatic rings. The first-order valence-electron chi connectivity index (χ1n) is 14.2. The number of aliphatic hydroxyl groups excluding tert-OH is 1. The molecular weight excluding hydrogens is 408 g/mol. The number of ether oxygens (including phenoxy) is 1. The predicted molar refractivity (Wildman–Crippen MR) is 132 cm³/mol. The second kappa shape index (κ2) is 6.23. The molecule has 0 unspecified atom stereocenters. The molecule has 6 rings (SSSR count). The summed E-state index contributed by atoms with van der Waals surface area (Å²) in [6, 6.07) is 0. The highest BCUT2D eigenvalue weighted by atomic mass is 16.6. The normalized spacial score (nSPS) is 63.2. The Bertz CT molecular complexity index is 867. The van der Waals surface area contributed by atoms with Crippen molar-refractivity contribution in [2.75, 3.05) is 0 Å². The molecule has 6 fully saturated rings. The summed E-state index contributed by atoms with van der Waals surface area (Å²) in [5.41, 5.74) is -0.377. The quantitative estimate of drug-likeness (QED) is 0.450. The first-order chi connectivity index (χ1) is 15.2. The summed E-state index contributed by atoms with van der Waals surface area (Å²) < 4.78 is 6.47. The Labute approximate surface area is 202 Å².